The number of rotatable bonds is 4. The number of nitrogens with zero attached hydrogens (tertiary/aromatic N) is 4. The maximum absolute atomic E-state index is 5.78. The maximum Gasteiger partial charge on any atom is 0.159 e. The highest BCUT2D eigenvalue weighted by Gasteiger charge is 2.21. The number of nitrogens with two attached hydrogens (primary N) is 1. The van der Waals surface area contributed by atoms with Gasteiger partial charge in [0.1, 0.15) is 0 Å². The number of aromatic nitrogens is 3. The van der Waals surface area contributed by atoms with Crippen LogP contribution in [0.15, 0.2) is 66.3 Å². The van der Waals surface area contributed by atoms with E-state index in [0.29, 0.717) is 0 Å². The van der Waals surface area contributed by atoms with E-state index < -0.39 is 0 Å². The van der Waals surface area contributed by atoms with Crippen LogP contribution in [-0.2, 0) is 19.5 Å². The first-order valence-electron chi connectivity index (χ1n) is 9.67. The summed E-state index contributed by atoms with van der Waals surface area (Å²) in [5, 5.41) is 0. The minimum absolute atomic E-state index is 0.750. The van der Waals surface area contributed by atoms with Crippen molar-refractivity contribution in [1.29, 1.82) is 0 Å². The number of anilines is 1. The predicted molar refractivity (Wildman–Crippen MR) is 117 cm³/mol. The van der Waals surface area contributed by atoms with Gasteiger partial charge in [0.15, 0.2) is 5.82 Å². The molecule has 0 unspecified atom stereocenters. The standard InChI is InChI=1S/C23H21N5S/c24-19-8-6-17(7-9-19)23-25-12-18-13-28(11-10-20(18)27-23)14-21-22(26-15-29-21)16-4-2-1-3-5-16/h1-9,12,15H,10-11,13-14,24H2. The largest absolute Gasteiger partial charge is 0.399 e. The van der Waals surface area contributed by atoms with Crippen molar-refractivity contribution in [3.8, 4) is 22.6 Å². The molecule has 2 aromatic heterocycles. The molecule has 5 nitrogen and oxygen atoms in total. The van der Waals surface area contributed by atoms with E-state index in [4.69, 9.17) is 10.7 Å². The highest BCUT2D eigenvalue weighted by molar-refractivity contribution is 7.10. The lowest BCUT2D eigenvalue weighted by atomic mass is 10.1. The van der Waals surface area contributed by atoms with E-state index in [1.54, 1.807) is 11.3 Å². The van der Waals surface area contributed by atoms with Crippen LogP contribution in [0, 0.1) is 0 Å². The molecule has 0 fully saturated rings. The second-order valence-corrected chi connectivity index (χ2v) is 8.18. The molecule has 5 rings (SSSR count). The second-order valence-electron chi connectivity index (χ2n) is 7.24. The summed E-state index contributed by atoms with van der Waals surface area (Å²) in [6, 6.07) is 18.1. The van der Waals surface area contributed by atoms with Crippen molar-refractivity contribution >= 4 is 17.0 Å². The van der Waals surface area contributed by atoms with Gasteiger partial charge >= 0.3 is 0 Å². The smallest absolute Gasteiger partial charge is 0.159 e. The molecule has 0 bridgehead atoms. The van der Waals surface area contributed by atoms with E-state index >= 15 is 0 Å². The van der Waals surface area contributed by atoms with Crippen molar-refractivity contribution in [3.05, 3.63) is 82.4 Å². The Morgan fingerprint density at radius 2 is 1.79 bits per heavy atom. The SMILES string of the molecule is Nc1ccc(-c2ncc3c(n2)CCN(Cc2scnc2-c2ccccc2)C3)cc1. The average Bonchev–Trinajstić information content (AvgIpc) is 3.23. The summed E-state index contributed by atoms with van der Waals surface area (Å²) in [5.41, 5.74) is 14.1. The minimum atomic E-state index is 0.750. The normalized spacial score (nSPS) is 13.9. The Balaban J connectivity index is 1.33. The van der Waals surface area contributed by atoms with Crippen molar-refractivity contribution in [2.75, 3.05) is 12.3 Å². The molecule has 0 aliphatic carbocycles. The number of nitrogen functional groups attached to an aromatic ring is 1. The first-order chi connectivity index (χ1) is 14.3. The number of benzene rings is 2. The lowest BCUT2D eigenvalue weighted by Gasteiger charge is -2.27. The molecule has 4 aromatic rings. The monoisotopic (exact) mass is 399 g/mol. The van der Waals surface area contributed by atoms with Gasteiger partial charge in [0.05, 0.1) is 16.9 Å². The summed E-state index contributed by atoms with van der Waals surface area (Å²) < 4.78 is 0. The van der Waals surface area contributed by atoms with Gasteiger partial charge in [-0.2, -0.15) is 0 Å². The van der Waals surface area contributed by atoms with Crippen LogP contribution in [0.1, 0.15) is 16.1 Å². The molecule has 29 heavy (non-hydrogen) atoms. The van der Waals surface area contributed by atoms with E-state index in [9.17, 15) is 0 Å². The third-order valence-corrected chi connectivity index (χ3v) is 6.05. The fraction of sp³-hybridized carbons (Fsp3) is 0.174. The molecule has 2 aromatic carbocycles. The zero-order chi connectivity index (χ0) is 19.6. The molecule has 2 N–H and O–H groups in total. The molecule has 0 saturated carbocycles. The number of hydrogen-bond donors (Lipinski definition) is 1. The molecule has 1 aliphatic heterocycles. The van der Waals surface area contributed by atoms with E-state index in [0.717, 1.165) is 54.5 Å². The molecular formula is C23H21N5S. The summed E-state index contributed by atoms with van der Waals surface area (Å²) in [4.78, 5) is 17.8. The Bertz CT molecular complexity index is 1120. The molecule has 6 heteroatoms. The summed E-state index contributed by atoms with van der Waals surface area (Å²) in [5.74, 6) is 0.769. The summed E-state index contributed by atoms with van der Waals surface area (Å²) in [6.07, 6.45) is 2.91. The van der Waals surface area contributed by atoms with E-state index in [1.165, 1.54) is 16.0 Å². The fourth-order valence-electron chi connectivity index (χ4n) is 3.70. The van der Waals surface area contributed by atoms with Gasteiger partial charge in [0.25, 0.3) is 0 Å². The zero-order valence-electron chi connectivity index (χ0n) is 16.0. The van der Waals surface area contributed by atoms with E-state index in [2.05, 4.69) is 39.1 Å². The Morgan fingerprint density at radius 1 is 0.966 bits per heavy atom. The molecule has 1 aliphatic rings. The van der Waals surface area contributed by atoms with Crippen LogP contribution in [0.5, 0.6) is 0 Å². The molecule has 0 atom stereocenters. The van der Waals surface area contributed by atoms with Crippen molar-refractivity contribution < 1.29 is 0 Å². The fourth-order valence-corrected chi connectivity index (χ4v) is 4.52. The predicted octanol–water partition coefficient (Wildman–Crippen LogP) is 4.41. The van der Waals surface area contributed by atoms with Crippen LogP contribution in [0.4, 0.5) is 5.69 Å². The van der Waals surface area contributed by atoms with Crippen molar-refractivity contribution in [2.24, 2.45) is 0 Å². The van der Waals surface area contributed by atoms with Crippen LogP contribution < -0.4 is 5.73 Å². The number of fused-ring (bicyclic) bond motifs is 1. The highest BCUT2D eigenvalue weighted by Crippen LogP contribution is 2.28. The van der Waals surface area contributed by atoms with E-state index in [1.807, 2.05) is 42.0 Å². The zero-order valence-corrected chi connectivity index (χ0v) is 16.8. The lowest BCUT2D eigenvalue weighted by Crippen LogP contribution is -2.30. The lowest BCUT2D eigenvalue weighted by molar-refractivity contribution is 0.245. The first-order valence-corrected chi connectivity index (χ1v) is 10.5. The quantitative estimate of drug-likeness (QED) is 0.515. The molecule has 0 radical (unpaired) electrons. The first kappa shape index (κ1) is 18.0. The summed E-state index contributed by atoms with van der Waals surface area (Å²) >= 11 is 1.73. The molecule has 0 saturated heterocycles. The van der Waals surface area contributed by atoms with Gasteiger partial charge in [-0.05, 0) is 24.3 Å². The van der Waals surface area contributed by atoms with Gasteiger partial charge in [-0.1, -0.05) is 30.3 Å². The van der Waals surface area contributed by atoms with Crippen LogP contribution >= 0.6 is 11.3 Å². The molecule has 0 spiro atoms. The summed E-state index contributed by atoms with van der Waals surface area (Å²) in [6.45, 7) is 2.74. The van der Waals surface area contributed by atoms with Crippen LogP contribution in [0.2, 0.25) is 0 Å². The maximum atomic E-state index is 5.78. The van der Waals surface area contributed by atoms with Gasteiger partial charge < -0.3 is 5.73 Å². The molecule has 0 amide bonds. The van der Waals surface area contributed by atoms with Gasteiger partial charge in [-0.25, -0.2) is 15.0 Å². The van der Waals surface area contributed by atoms with Crippen LogP contribution in [0.3, 0.4) is 0 Å². The third-order valence-electron chi connectivity index (χ3n) is 5.24. The van der Waals surface area contributed by atoms with Crippen molar-refractivity contribution in [2.45, 2.75) is 19.5 Å². The van der Waals surface area contributed by atoms with Crippen molar-refractivity contribution in [1.82, 2.24) is 19.9 Å². The number of hydrogen-bond acceptors (Lipinski definition) is 6. The Labute approximate surface area is 173 Å². The summed E-state index contributed by atoms with van der Waals surface area (Å²) in [7, 11) is 0. The molecule has 3 heterocycles. The average molecular weight is 400 g/mol. The highest BCUT2D eigenvalue weighted by atomic mass is 32.1. The van der Waals surface area contributed by atoms with Gasteiger partial charge in [0.2, 0.25) is 0 Å². The number of thiazole rings is 1. The third kappa shape index (κ3) is 3.77. The minimum Gasteiger partial charge on any atom is -0.399 e. The van der Waals surface area contributed by atoms with Crippen LogP contribution in [0.25, 0.3) is 22.6 Å². The Kier molecular flexibility index (Phi) is 4.79. The van der Waals surface area contributed by atoms with Crippen LogP contribution in [-0.4, -0.2) is 26.4 Å². The van der Waals surface area contributed by atoms with E-state index in [-0.39, 0.29) is 0 Å². The Morgan fingerprint density at radius 3 is 2.62 bits per heavy atom. The molecular weight excluding hydrogens is 378 g/mol. The second kappa shape index (κ2) is 7.73. The topological polar surface area (TPSA) is 67.9 Å². The Hall–Kier alpha value is -3.09. The van der Waals surface area contributed by atoms with Gasteiger partial charge in [0, 0.05) is 59.5 Å². The van der Waals surface area contributed by atoms with Gasteiger partial charge in [-0.15, -0.1) is 11.3 Å². The molecule has 144 valence electrons. The van der Waals surface area contributed by atoms with Gasteiger partial charge in [-0.3, -0.25) is 4.90 Å². The van der Waals surface area contributed by atoms with Crippen molar-refractivity contribution in [3.63, 3.8) is 0 Å².